The van der Waals surface area contributed by atoms with Crippen LogP contribution < -0.4 is 21.1 Å². The highest BCUT2D eigenvalue weighted by Crippen LogP contribution is 2.56. The van der Waals surface area contributed by atoms with E-state index < -0.39 is 0 Å². The third-order valence-electron chi connectivity index (χ3n) is 20.0. The molecular formula is C70H76BN2O. The van der Waals surface area contributed by atoms with E-state index in [1.807, 2.05) is 0 Å². The summed E-state index contributed by atoms with van der Waals surface area (Å²) in [6.45, 7) is 36.6. The molecule has 1 radical (unpaired) electrons. The minimum Gasteiger partial charge on any atom is -0.454 e. The van der Waals surface area contributed by atoms with Gasteiger partial charge in [-0.3, -0.25) is 0 Å². The molecule has 0 fully saturated rings. The predicted octanol–water partition coefficient (Wildman–Crippen LogP) is 18.1. The quantitative estimate of drug-likeness (QED) is 0.178. The Morgan fingerprint density at radius 2 is 1.00 bits per heavy atom. The van der Waals surface area contributed by atoms with Gasteiger partial charge in [-0.25, -0.2) is 0 Å². The number of anilines is 5. The van der Waals surface area contributed by atoms with Gasteiger partial charge in [-0.05, 0) is 199 Å². The standard InChI is InChI=1S/C70H76BN2O/c1-40-32-51-55(69(12,13)31-28-65(51,4)5)39-58(40)73-59-38-50-44(42-20-16-18-22-48(42)70(50,14)15)36-56(59)71-61-46(34-47-43-21-17-19-23-60(43)74-63(47)62(61)73)45-35-53-54(68(10,11)30-29-67(53,8)9)37-57(45)72-41-24-25-49-52(33-41)66(6,7)27-26-64(49,2)3/h16-25,32-39,72H,26-31H2,1-15H3. The molecule has 7 aromatic carbocycles. The number of para-hydroxylation sites is 1. The summed E-state index contributed by atoms with van der Waals surface area (Å²) in [6, 6.07) is 43.0. The van der Waals surface area contributed by atoms with E-state index in [1.165, 1.54) is 114 Å². The first-order valence-corrected chi connectivity index (χ1v) is 28.0. The smallest absolute Gasteiger partial charge is 0.198 e. The number of furan rings is 1. The molecule has 0 bridgehead atoms. The summed E-state index contributed by atoms with van der Waals surface area (Å²) >= 11 is 0. The van der Waals surface area contributed by atoms with E-state index in [-0.39, 0.29) is 37.9 Å². The lowest BCUT2D eigenvalue weighted by Gasteiger charge is -2.44. The van der Waals surface area contributed by atoms with Gasteiger partial charge in [-0.2, -0.15) is 0 Å². The summed E-state index contributed by atoms with van der Waals surface area (Å²) in [4.78, 5) is 2.65. The summed E-state index contributed by atoms with van der Waals surface area (Å²) in [7, 11) is 2.53. The van der Waals surface area contributed by atoms with Crippen molar-refractivity contribution >= 4 is 68.6 Å². The number of hydrogen-bond donors (Lipinski definition) is 1. The second-order valence-corrected chi connectivity index (χ2v) is 28.1. The third-order valence-corrected chi connectivity index (χ3v) is 20.0. The van der Waals surface area contributed by atoms with Crippen molar-refractivity contribution in [1.29, 1.82) is 0 Å². The highest BCUT2D eigenvalue weighted by molar-refractivity contribution is 6.74. The summed E-state index contributed by atoms with van der Waals surface area (Å²) < 4.78 is 7.31. The Hall–Kier alpha value is -6.00. The molecular weight excluding hydrogens is 896 g/mol. The maximum atomic E-state index is 7.31. The van der Waals surface area contributed by atoms with Crippen LogP contribution in [-0.4, -0.2) is 7.28 Å². The molecule has 4 aliphatic carbocycles. The minimum atomic E-state index is -0.174. The molecule has 0 saturated heterocycles. The van der Waals surface area contributed by atoms with Gasteiger partial charge in [-0.1, -0.05) is 163 Å². The van der Waals surface area contributed by atoms with Crippen molar-refractivity contribution in [2.45, 2.75) is 180 Å². The van der Waals surface area contributed by atoms with E-state index in [1.54, 1.807) is 0 Å². The van der Waals surface area contributed by atoms with E-state index in [0.717, 1.165) is 58.3 Å². The van der Waals surface area contributed by atoms with Gasteiger partial charge in [0, 0.05) is 44.5 Å². The molecule has 0 amide bonds. The van der Waals surface area contributed by atoms with Crippen LogP contribution in [0.25, 0.3) is 44.2 Å². The van der Waals surface area contributed by atoms with Gasteiger partial charge in [0.25, 0.3) is 0 Å². The average molecular weight is 972 g/mol. The number of nitrogens with one attached hydrogen (secondary N) is 1. The summed E-state index contributed by atoms with van der Waals surface area (Å²) in [5, 5.41) is 6.49. The predicted molar refractivity (Wildman–Crippen MR) is 317 cm³/mol. The summed E-state index contributed by atoms with van der Waals surface area (Å²) in [5.41, 5.74) is 28.2. The Labute approximate surface area is 442 Å². The largest absolute Gasteiger partial charge is 0.454 e. The zero-order valence-corrected chi connectivity index (χ0v) is 47.1. The topological polar surface area (TPSA) is 28.4 Å². The second kappa shape index (κ2) is 15.3. The van der Waals surface area contributed by atoms with Crippen LogP contribution in [0.5, 0.6) is 0 Å². The Balaban J connectivity index is 1.14. The molecule has 1 aromatic heterocycles. The fraction of sp³-hybridized carbons (Fsp3) is 0.400. The van der Waals surface area contributed by atoms with Crippen molar-refractivity contribution in [2.75, 3.05) is 10.2 Å². The molecule has 5 aliphatic rings. The van der Waals surface area contributed by atoms with Crippen LogP contribution in [0.4, 0.5) is 28.4 Å². The van der Waals surface area contributed by atoms with Crippen molar-refractivity contribution in [2.24, 2.45) is 0 Å². The van der Waals surface area contributed by atoms with E-state index in [0.29, 0.717) is 0 Å². The minimum absolute atomic E-state index is 0.00399. The van der Waals surface area contributed by atoms with Gasteiger partial charge >= 0.3 is 0 Å². The molecule has 2 heterocycles. The highest BCUT2D eigenvalue weighted by Gasteiger charge is 2.44. The van der Waals surface area contributed by atoms with E-state index in [4.69, 9.17) is 4.42 Å². The molecule has 74 heavy (non-hydrogen) atoms. The zero-order valence-electron chi connectivity index (χ0n) is 47.1. The van der Waals surface area contributed by atoms with Crippen molar-refractivity contribution in [3.05, 3.63) is 159 Å². The lowest BCUT2D eigenvalue weighted by atomic mass is 9.57. The third kappa shape index (κ3) is 6.84. The Bertz CT molecular complexity index is 3740. The van der Waals surface area contributed by atoms with E-state index >= 15 is 0 Å². The molecule has 1 aliphatic heterocycles. The van der Waals surface area contributed by atoms with Crippen LogP contribution in [0.15, 0.2) is 114 Å². The van der Waals surface area contributed by atoms with Gasteiger partial charge in [0.05, 0.1) is 5.69 Å². The number of benzene rings is 7. The van der Waals surface area contributed by atoms with Gasteiger partial charge in [0.15, 0.2) is 12.9 Å². The van der Waals surface area contributed by atoms with Crippen LogP contribution >= 0.6 is 0 Å². The highest BCUT2D eigenvalue weighted by atomic mass is 16.3. The first-order chi connectivity index (χ1) is 34.8. The normalized spacial score (nSPS) is 20.3. The number of fused-ring (bicyclic) bond motifs is 12. The van der Waals surface area contributed by atoms with Gasteiger partial charge < -0.3 is 14.6 Å². The molecule has 0 saturated carbocycles. The Morgan fingerprint density at radius 1 is 0.446 bits per heavy atom. The molecule has 0 spiro atoms. The molecule has 375 valence electrons. The van der Waals surface area contributed by atoms with Crippen LogP contribution in [0, 0.1) is 6.92 Å². The first kappa shape index (κ1) is 47.7. The fourth-order valence-corrected chi connectivity index (χ4v) is 14.7. The number of aryl methyl sites for hydroxylation is 1. The number of rotatable bonds is 4. The molecule has 3 nitrogen and oxygen atoms in total. The first-order valence-electron chi connectivity index (χ1n) is 28.0. The lowest BCUT2D eigenvalue weighted by Crippen LogP contribution is -2.42. The van der Waals surface area contributed by atoms with Crippen LogP contribution in [-0.2, 0) is 37.9 Å². The van der Waals surface area contributed by atoms with Crippen molar-refractivity contribution < 1.29 is 4.42 Å². The van der Waals surface area contributed by atoms with Crippen LogP contribution in [0.1, 0.15) is 186 Å². The van der Waals surface area contributed by atoms with Gasteiger partial charge in [0.2, 0.25) is 0 Å². The fourth-order valence-electron chi connectivity index (χ4n) is 14.7. The zero-order chi connectivity index (χ0) is 52.0. The second-order valence-electron chi connectivity index (χ2n) is 28.1. The number of nitrogens with zero attached hydrogens (tertiary/aromatic N) is 1. The molecule has 0 atom stereocenters. The van der Waals surface area contributed by atoms with Crippen molar-refractivity contribution in [3.8, 4) is 22.3 Å². The van der Waals surface area contributed by atoms with E-state index in [2.05, 4.69) is 231 Å². The Kier molecular flexibility index (Phi) is 9.88. The molecule has 8 aromatic rings. The maximum absolute atomic E-state index is 7.31. The summed E-state index contributed by atoms with van der Waals surface area (Å²) in [5.74, 6) is 0. The molecule has 13 rings (SSSR count). The molecule has 1 N–H and O–H groups in total. The Morgan fingerprint density at radius 3 is 1.68 bits per heavy atom. The molecule has 4 heteroatoms. The molecule has 0 unspecified atom stereocenters. The van der Waals surface area contributed by atoms with Crippen molar-refractivity contribution in [3.63, 3.8) is 0 Å². The number of hydrogen-bond acceptors (Lipinski definition) is 3. The average Bonchev–Trinajstić information content (AvgIpc) is 3.86. The lowest BCUT2D eigenvalue weighted by molar-refractivity contribution is 0.332. The maximum Gasteiger partial charge on any atom is 0.198 e. The van der Waals surface area contributed by atoms with E-state index in [9.17, 15) is 0 Å². The van der Waals surface area contributed by atoms with Gasteiger partial charge in [-0.15, -0.1) is 0 Å². The summed E-state index contributed by atoms with van der Waals surface area (Å²) in [6.07, 6.45) is 6.98. The SMILES string of the molecule is Cc1cc2c(cc1N1c3cc4c(cc3[B]c3c(-c5cc6c(cc5Nc5ccc7c(c5)C(C)(C)CCC7(C)C)C(C)(C)CCC6(C)C)cc5c(oc6ccccc65)c31)-c1ccccc1C4(C)C)C(C)(C)CCC2(C)C. The van der Waals surface area contributed by atoms with Crippen molar-refractivity contribution in [1.82, 2.24) is 0 Å². The monoisotopic (exact) mass is 972 g/mol. The van der Waals surface area contributed by atoms with Gasteiger partial charge in [0.1, 0.15) is 5.58 Å². The van der Waals surface area contributed by atoms with Crippen LogP contribution in [0.3, 0.4) is 0 Å². The van der Waals surface area contributed by atoms with Crippen LogP contribution in [0.2, 0.25) is 0 Å².